The molecule has 0 aromatic rings. The Bertz CT molecular complexity index is 333. The van der Waals surface area contributed by atoms with Crippen molar-refractivity contribution in [2.24, 2.45) is 11.8 Å². The molecule has 2 unspecified atom stereocenters. The fraction of sp³-hybridized carbons (Fsp3) is 0.909. The van der Waals surface area contributed by atoms with Crippen LogP contribution in [0.2, 0.25) is 0 Å². The Hall–Kier alpha value is -0.750. The average molecular weight is 246 g/mol. The Balaban J connectivity index is 1.49. The van der Waals surface area contributed by atoms with Crippen LogP contribution >= 0.6 is 0 Å². The van der Waals surface area contributed by atoms with Gasteiger partial charge in [0.25, 0.3) is 5.92 Å². The maximum atomic E-state index is 13.4. The maximum absolute atomic E-state index is 13.4. The van der Waals surface area contributed by atoms with Gasteiger partial charge in [0.15, 0.2) is 0 Å². The van der Waals surface area contributed by atoms with E-state index in [2.05, 4.69) is 5.32 Å². The first-order valence-corrected chi connectivity index (χ1v) is 6.06. The first kappa shape index (κ1) is 11.3. The van der Waals surface area contributed by atoms with E-state index in [1.807, 2.05) is 0 Å². The van der Waals surface area contributed by atoms with E-state index in [-0.39, 0.29) is 31.2 Å². The van der Waals surface area contributed by atoms with E-state index in [1.54, 1.807) is 4.90 Å². The van der Waals surface area contributed by atoms with Gasteiger partial charge < -0.3 is 10.1 Å². The number of fused-ring (bicyclic) bond motifs is 1. The fourth-order valence-corrected chi connectivity index (χ4v) is 2.62. The highest BCUT2D eigenvalue weighted by atomic mass is 19.3. The maximum Gasteiger partial charge on any atom is 0.310 e. The lowest BCUT2D eigenvalue weighted by atomic mass is 10.0. The number of likely N-dealkylation sites (tertiary alicyclic amines) is 1. The van der Waals surface area contributed by atoms with Gasteiger partial charge in [-0.3, -0.25) is 9.69 Å². The molecule has 3 rings (SSSR count). The van der Waals surface area contributed by atoms with Gasteiger partial charge in [0, 0.05) is 19.1 Å². The van der Waals surface area contributed by atoms with Crippen molar-refractivity contribution in [2.45, 2.75) is 24.8 Å². The smallest absolute Gasteiger partial charge is 0.310 e. The van der Waals surface area contributed by atoms with E-state index in [9.17, 15) is 13.6 Å². The molecule has 17 heavy (non-hydrogen) atoms. The van der Waals surface area contributed by atoms with Gasteiger partial charge in [-0.25, -0.2) is 8.78 Å². The molecule has 1 aliphatic carbocycles. The topological polar surface area (TPSA) is 41.6 Å². The standard InChI is InChI=1S/C11H16F2N2O2/c12-11(13)5-14-9-4-15(3-8(9)11)6-17-10(16)7-1-2-7/h7-9,14H,1-6H2. The molecule has 0 radical (unpaired) electrons. The lowest BCUT2D eigenvalue weighted by molar-refractivity contribution is -0.149. The normalized spacial score (nSPS) is 35.9. The van der Waals surface area contributed by atoms with Crippen molar-refractivity contribution in [2.75, 3.05) is 26.4 Å². The van der Waals surface area contributed by atoms with Crippen molar-refractivity contribution in [1.82, 2.24) is 10.2 Å². The van der Waals surface area contributed by atoms with Gasteiger partial charge >= 0.3 is 5.97 Å². The van der Waals surface area contributed by atoms with Crippen molar-refractivity contribution in [1.29, 1.82) is 0 Å². The number of nitrogens with one attached hydrogen (secondary N) is 1. The highest BCUT2D eigenvalue weighted by Gasteiger charge is 2.54. The third kappa shape index (κ3) is 2.15. The molecule has 2 atom stereocenters. The zero-order valence-corrected chi connectivity index (χ0v) is 9.49. The molecule has 3 aliphatic rings. The summed E-state index contributed by atoms with van der Waals surface area (Å²) in [6.45, 7) is 0.777. The molecule has 6 heteroatoms. The second-order valence-corrected chi connectivity index (χ2v) is 5.26. The van der Waals surface area contributed by atoms with Crippen molar-refractivity contribution in [3.05, 3.63) is 0 Å². The summed E-state index contributed by atoms with van der Waals surface area (Å²) in [5.41, 5.74) is 0. The van der Waals surface area contributed by atoms with Crippen molar-refractivity contribution >= 4 is 5.97 Å². The molecule has 3 fully saturated rings. The molecule has 2 saturated heterocycles. The molecule has 2 aliphatic heterocycles. The van der Waals surface area contributed by atoms with Crippen LogP contribution in [0.4, 0.5) is 8.78 Å². The van der Waals surface area contributed by atoms with Crippen molar-refractivity contribution < 1.29 is 18.3 Å². The quantitative estimate of drug-likeness (QED) is 0.734. The SMILES string of the molecule is O=C(OCN1CC2NCC(F)(F)C2C1)C1CC1. The number of esters is 1. The van der Waals surface area contributed by atoms with Crippen LogP contribution in [0.25, 0.3) is 0 Å². The van der Waals surface area contributed by atoms with E-state index in [0.717, 1.165) is 12.8 Å². The Morgan fingerprint density at radius 3 is 2.82 bits per heavy atom. The predicted octanol–water partition coefficient (Wildman–Crippen LogP) is 0.436. The number of nitrogens with zero attached hydrogens (tertiary/aromatic N) is 1. The summed E-state index contributed by atoms with van der Waals surface area (Å²) < 4.78 is 31.9. The molecular formula is C11H16F2N2O2. The van der Waals surface area contributed by atoms with Gasteiger partial charge in [-0.1, -0.05) is 0 Å². The monoisotopic (exact) mass is 246 g/mol. The molecule has 4 nitrogen and oxygen atoms in total. The lowest BCUT2D eigenvalue weighted by Gasteiger charge is -2.19. The number of alkyl halides is 2. The first-order valence-electron chi connectivity index (χ1n) is 6.06. The summed E-state index contributed by atoms with van der Waals surface area (Å²) in [5, 5.41) is 2.83. The van der Waals surface area contributed by atoms with Crippen LogP contribution in [0.3, 0.4) is 0 Å². The molecule has 96 valence electrons. The average Bonchev–Trinajstić information content (AvgIpc) is 2.98. The molecular weight excluding hydrogens is 230 g/mol. The second-order valence-electron chi connectivity index (χ2n) is 5.26. The van der Waals surface area contributed by atoms with E-state index >= 15 is 0 Å². The number of carbonyl (C=O) groups is 1. The Morgan fingerprint density at radius 1 is 1.41 bits per heavy atom. The molecule has 0 aromatic heterocycles. The summed E-state index contributed by atoms with van der Waals surface area (Å²) in [4.78, 5) is 13.1. The van der Waals surface area contributed by atoms with Crippen LogP contribution in [0.15, 0.2) is 0 Å². The summed E-state index contributed by atoms with van der Waals surface area (Å²) in [5.74, 6) is -3.37. The summed E-state index contributed by atoms with van der Waals surface area (Å²) in [7, 11) is 0. The third-order valence-electron chi connectivity index (χ3n) is 3.84. The minimum atomic E-state index is -2.63. The zero-order valence-electron chi connectivity index (χ0n) is 9.49. The summed E-state index contributed by atoms with van der Waals surface area (Å²) in [6, 6.07) is -0.162. The van der Waals surface area contributed by atoms with Gasteiger partial charge in [0.2, 0.25) is 0 Å². The molecule has 1 saturated carbocycles. The fourth-order valence-electron chi connectivity index (χ4n) is 2.62. The van der Waals surface area contributed by atoms with Crippen LogP contribution in [-0.4, -0.2) is 49.2 Å². The largest absolute Gasteiger partial charge is 0.449 e. The third-order valence-corrected chi connectivity index (χ3v) is 3.84. The van der Waals surface area contributed by atoms with Gasteiger partial charge in [-0.2, -0.15) is 0 Å². The zero-order chi connectivity index (χ0) is 12.0. The molecule has 1 N–H and O–H groups in total. The Morgan fingerprint density at radius 2 is 2.18 bits per heavy atom. The van der Waals surface area contributed by atoms with Gasteiger partial charge in [0.1, 0.15) is 6.73 Å². The summed E-state index contributed by atoms with van der Waals surface area (Å²) in [6.07, 6.45) is 1.81. The van der Waals surface area contributed by atoms with Crippen LogP contribution in [0.1, 0.15) is 12.8 Å². The van der Waals surface area contributed by atoms with Gasteiger partial charge in [-0.15, -0.1) is 0 Å². The number of hydrogen-bond acceptors (Lipinski definition) is 4. The van der Waals surface area contributed by atoms with E-state index in [1.165, 1.54) is 0 Å². The van der Waals surface area contributed by atoms with E-state index in [4.69, 9.17) is 4.74 Å². The number of ether oxygens (including phenoxy) is 1. The Kier molecular flexibility index (Phi) is 2.59. The van der Waals surface area contributed by atoms with Crippen LogP contribution in [0.5, 0.6) is 0 Å². The predicted molar refractivity (Wildman–Crippen MR) is 55.5 cm³/mol. The molecule has 0 amide bonds. The van der Waals surface area contributed by atoms with Crippen molar-refractivity contribution in [3.63, 3.8) is 0 Å². The molecule has 0 aromatic carbocycles. The number of hydrogen-bond donors (Lipinski definition) is 1. The highest BCUT2D eigenvalue weighted by Crippen LogP contribution is 2.37. The second kappa shape index (κ2) is 3.88. The number of carbonyl (C=O) groups excluding carboxylic acids is 1. The minimum Gasteiger partial charge on any atom is -0.449 e. The number of halogens is 2. The van der Waals surface area contributed by atoms with E-state index in [0.29, 0.717) is 13.1 Å². The van der Waals surface area contributed by atoms with Gasteiger partial charge in [-0.05, 0) is 12.8 Å². The van der Waals surface area contributed by atoms with Crippen LogP contribution in [0, 0.1) is 11.8 Å². The lowest BCUT2D eigenvalue weighted by Crippen LogP contribution is -2.34. The Labute approximate surface area is 98.3 Å². The molecule has 0 bridgehead atoms. The molecule has 0 spiro atoms. The van der Waals surface area contributed by atoms with Crippen LogP contribution in [-0.2, 0) is 9.53 Å². The first-order chi connectivity index (χ1) is 8.06. The number of rotatable bonds is 3. The van der Waals surface area contributed by atoms with Crippen LogP contribution < -0.4 is 5.32 Å². The van der Waals surface area contributed by atoms with Gasteiger partial charge in [0.05, 0.1) is 18.4 Å². The van der Waals surface area contributed by atoms with E-state index < -0.39 is 11.8 Å². The summed E-state index contributed by atoms with van der Waals surface area (Å²) >= 11 is 0. The highest BCUT2D eigenvalue weighted by molar-refractivity contribution is 5.74. The molecule has 2 heterocycles. The minimum absolute atomic E-state index is 0.0664. The van der Waals surface area contributed by atoms with Crippen molar-refractivity contribution in [3.8, 4) is 0 Å².